The summed E-state index contributed by atoms with van der Waals surface area (Å²) < 4.78 is 7.27. The van der Waals surface area contributed by atoms with E-state index in [2.05, 4.69) is 37.2 Å². The first kappa shape index (κ1) is 11.0. The molecule has 1 aliphatic heterocycles. The number of anilines is 1. The Hall–Kier alpha value is -0.550. The van der Waals surface area contributed by atoms with E-state index in [0.717, 1.165) is 32.4 Å². The number of carbonyl (C=O) groups excluding carboxylic acids is 1. The maximum atomic E-state index is 11.1. The Morgan fingerprint density at radius 2 is 2.20 bits per heavy atom. The van der Waals surface area contributed by atoms with Crippen molar-refractivity contribution in [3.8, 4) is 5.75 Å². The van der Waals surface area contributed by atoms with Crippen LogP contribution in [-0.4, -0.2) is 12.5 Å². The van der Waals surface area contributed by atoms with E-state index in [1.54, 1.807) is 0 Å². The Kier molecular flexibility index (Phi) is 3.02. The molecule has 0 aromatic heterocycles. The summed E-state index contributed by atoms with van der Waals surface area (Å²) in [7, 11) is 0. The van der Waals surface area contributed by atoms with Crippen molar-refractivity contribution in [1.82, 2.24) is 0 Å². The first-order valence-corrected chi connectivity index (χ1v) is 6.09. The van der Waals surface area contributed by atoms with E-state index in [1.807, 2.05) is 6.07 Å². The smallest absolute Gasteiger partial charge is 0.221 e. The van der Waals surface area contributed by atoms with E-state index in [0.29, 0.717) is 6.61 Å². The van der Waals surface area contributed by atoms with Gasteiger partial charge in [-0.3, -0.25) is 4.79 Å². The van der Waals surface area contributed by atoms with Gasteiger partial charge >= 0.3 is 0 Å². The first-order chi connectivity index (χ1) is 7.09. The van der Waals surface area contributed by atoms with E-state index >= 15 is 0 Å². The third-order valence-electron chi connectivity index (χ3n) is 2.18. The second-order valence-electron chi connectivity index (χ2n) is 3.30. The summed E-state index contributed by atoms with van der Waals surface area (Å²) in [6.07, 6.45) is 0.822. The number of benzene rings is 1. The predicted molar refractivity (Wildman–Crippen MR) is 65.3 cm³/mol. The second-order valence-corrected chi connectivity index (χ2v) is 5.01. The third kappa shape index (κ3) is 2.03. The molecule has 1 aliphatic rings. The number of carbonyl (C=O) groups is 1. The number of hydrogen-bond acceptors (Lipinski definition) is 2. The molecule has 0 fully saturated rings. The highest BCUT2D eigenvalue weighted by Crippen LogP contribution is 2.42. The molecule has 3 nitrogen and oxygen atoms in total. The molecular formula is C10H9Br2NO2. The van der Waals surface area contributed by atoms with Gasteiger partial charge in [0.25, 0.3) is 0 Å². The van der Waals surface area contributed by atoms with Crippen LogP contribution in [0.25, 0.3) is 0 Å². The molecule has 0 saturated heterocycles. The van der Waals surface area contributed by atoms with Crippen LogP contribution in [0.5, 0.6) is 5.75 Å². The van der Waals surface area contributed by atoms with Crippen LogP contribution in [-0.2, 0) is 11.2 Å². The van der Waals surface area contributed by atoms with Crippen LogP contribution >= 0.6 is 31.9 Å². The third-order valence-corrected chi connectivity index (χ3v) is 3.40. The molecule has 0 saturated carbocycles. The van der Waals surface area contributed by atoms with Crippen molar-refractivity contribution in [2.24, 2.45) is 0 Å². The lowest BCUT2D eigenvalue weighted by molar-refractivity contribution is -0.114. The molecule has 0 bridgehead atoms. The van der Waals surface area contributed by atoms with Gasteiger partial charge in [0.2, 0.25) is 5.91 Å². The van der Waals surface area contributed by atoms with Crippen LogP contribution in [0.15, 0.2) is 15.0 Å². The average Bonchev–Trinajstić information content (AvgIpc) is 2.60. The topological polar surface area (TPSA) is 38.3 Å². The minimum absolute atomic E-state index is 0.0767. The van der Waals surface area contributed by atoms with Crippen molar-refractivity contribution in [3.63, 3.8) is 0 Å². The maximum absolute atomic E-state index is 11.1. The molecule has 0 aliphatic carbocycles. The minimum atomic E-state index is -0.0767. The van der Waals surface area contributed by atoms with E-state index in [1.165, 1.54) is 6.92 Å². The largest absolute Gasteiger partial charge is 0.492 e. The summed E-state index contributed by atoms with van der Waals surface area (Å²) in [5.74, 6) is 0.758. The minimum Gasteiger partial charge on any atom is -0.492 e. The molecule has 1 heterocycles. The standard InChI is InChI=1S/C10H9Br2NO2/c1-5(14)13-9-6-2-3-15-10(6)8(12)4-7(9)11/h4H,2-3H2,1H3,(H,13,14). The number of ether oxygens (including phenoxy) is 1. The maximum Gasteiger partial charge on any atom is 0.221 e. The number of hydrogen-bond donors (Lipinski definition) is 1. The first-order valence-electron chi connectivity index (χ1n) is 4.51. The monoisotopic (exact) mass is 333 g/mol. The summed E-state index contributed by atoms with van der Waals surface area (Å²) >= 11 is 6.86. The van der Waals surface area contributed by atoms with Crippen molar-refractivity contribution in [3.05, 3.63) is 20.6 Å². The predicted octanol–water partition coefficient (Wildman–Crippen LogP) is 3.10. The van der Waals surface area contributed by atoms with Crippen molar-refractivity contribution in [2.75, 3.05) is 11.9 Å². The van der Waals surface area contributed by atoms with Crippen LogP contribution in [0.4, 0.5) is 5.69 Å². The molecule has 15 heavy (non-hydrogen) atoms. The lowest BCUT2D eigenvalue weighted by Crippen LogP contribution is -2.08. The lowest BCUT2D eigenvalue weighted by Gasteiger charge is -2.11. The normalized spacial score (nSPS) is 13.3. The second kappa shape index (κ2) is 4.14. The molecule has 1 amide bonds. The molecule has 2 rings (SSSR count). The fourth-order valence-corrected chi connectivity index (χ4v) is 3.07. The van der Waals surface area contributed by atoms with E-state index in [4.69, 9.17) is 4.74 Å². The number of halogens is 2. The van der Waals surface area contributed by atoms with Crippen molar-refractivity contribution in [2.45, 2.75) is 13.3 Å². The van der Waals surface area contributed by atoms with Gasteiger partial charge in [-0.05, 0) is 37.9 Å². The highest BCUT2D eigenvalue weighted by Gasteiger charge is 2.22. The van der Waals surface area contributed by atoms with Gasteiger partial charge < -0.3 is 10.1 Å². The molecule has 80 valence electrons. The molecule has 1 aromatic carbocycles. The molecule has 1 aromatic rings. The quantitative estimate of drug-likeness (QED) is 0.857. The number of fused-ring (bicyclic) bond motifs is 1. The van der Waals surface area contributed by atoms with Crippen molar-refractivity contribution in [1.29, 1.82) is 0 Å². The van der Waals surface area contributed by atoms with Crippen molar-refractivity contribution < 1.29 is 9.53 Å². The van der Waals surface area contributed by atoms with Gasteiger partial charge in [-0.15, -0.1) is 0 Å². The van der Waals surface area contributed by atoms with Gasteiger partial charge in [0.1, 0.15) is 5.75 Å². The fraction of sp³-hybridized carbons (Fsp3) is 0.300. The summed E-state index contributed by atoms with van der Waals surface area (Å²) in [4.78, 5) is 11.1. The van der Waals surface area contributed by atoms with Crippen LogP contribution in [0.1, 0.15) is 12.5 Å². The number of nitrogens with one attached hydrogen (secondary N) is 1. The van der Waals surface area contributed by atoms with Gasteiger partial charge in [0, 0.05) is 23.4 Å². The zero-order chi connectivity index (χ0) is 11.0. The van der Waals surface area contributed by atoms with Gasteiger partial charge in [-0.1, -0.05) is 0 Å². The van der Waals surface area contributed by atoms with Gasteiger partial charge in [-0.2, -0.15) is 0 Å². The highest BCUT2D eigenvalue weighted by molar-refractivity contribution is 9.11. The van der Waals surface area contributed by atoms with E-state index in [9.17, 15) is 4.79 Å². The van der Waals surface area contributed by atoms with Crippen LogP contribution in [0.3, 0.4) is 0 Å². The zero-order valence-electron chi connectivity index (χ0n) is 8.06. The Bertz CT molecular complexity index is 432. The molecule has 1 N–H and O–H groups in total. The summed E-state index contributed by atoms with van der Waals surface area (Å²) in [6.45, 7) is 2.16. The summed E-state index contributed by atoms with van der Waals surface area (Å²) in [5, 5.41) is 2.81. The van der Waals surface area contributed by atoms with Gasteiger partial charge in [0.15, 0.2) is 0 Å². The molecule has 0 radical (unpaired) electrons. The van der Waals surface area contributed by atoms with Crippen LogP contribution < -0.4 is 10.1 Å². The van der Waals surface area contributed by atoms with Crippen LogP contribution in [0, 0.1) is 0 Å². The summed E-state index contributed by atoms with van der Waals surface area (Å²) in [6, 6.07) is 1.88. The Morgan fingerprint density at radius 3 is 2.87 bits per heavy atom. The van der Waals surface area contributed by atoms with E-state index < -0.39 is 0 Å². The molecule has 0 spiro atoms. The zero-order valence-corrected chi connectivity index (χ0v) is 11.2. The highest BCUT2D eigenvalue weighted by atomic mass is 79.9. The van der Waals surface area contributed by atoms with Crippen LogP contribution in [0.2, 0.25) is 0 Å². The SMILES string of the molecule is CC(=O)Nc1c(Br)cc(Br)c2c1CCO2. The molecule has 5 heteroatoms. The molecule has 0 atom stereocenters. The fourth-order valence-electron chi connectivity index (χ4n) is 1.61. The van der Waals surface area contributed by atoms with Gasteiger partial charge in [0.05, 0.1) is 16.8 Å². The Morgan fingerprint density at radius 1 is 1.47 bits per heavy atom. The Balaban J connectivity index is 2.54. The Labute approximate surface area is 104 Å². The van der Waals surface area contributed by atoms with Crippen molar-refractivity contribution >= 4 is 43.5 Å². The van der Waals surface area contributed by atoms with Gasteiger partial charge in [-0.25, -0.2) is 0 Å². The summed E-state index contributed by atoms with van der Waals surface area (Å²) in [5.41, 5.74) is 1.87. The number of amides is 1. The number of rotatable bonds is 1. The molecular weight excluding hydrogens is 326 g/mol. The van der Waals surface area contributed by atoms with E-state index in [-0.39, 0.29) is 5.91 Å². The molecule has 0 unspecified atom stereocenters. The average molecular weight is 335 g/mol. The lowest BCUT2D eigenvalue weighted by atomic mass is 10.1.